The maximum Gasteiger partial charge on any atom is 0.329 e. The summed E-state index contributed by atoms with van der Waals surface area (Å²) in [5, 5.41) is 2.77. The second kappa shape index (κ2) is 10.2. The maximum absolute atomic E-state index is 13.1. The molecule has 1 N–H and O–H groups in total. The summed E-state index contributed by atoms with van der Waals surface area (Å²) in [6.07, 6.45) is 0.185. The van der Waals surface area contributed by atoms with Gasteiger partial charge in [0.05, 0.1) is 17.2 Å². The van der Waals surface area contributed by atoms with E-state index in [0.29, 0.717) is 17.5 Å². The van der Waals surface area contributed by atoms with Gasteiger partial charge in [-0.3, -0.25) is 19.3 Å². The van der Waals surface area contributed by atoms with Gasteiger partial charge in [-0.25, -0.2) is 4.79 Å². The molecule has 0 spiro atoms. The van der Waals surface area contributed by atoms with Gasteiger partial charge in [-0.2, -0.15) is 0 Å². The molecule has 0 bridgehead atoms. The fourth-order valence-electron chi connectivity index (χ4n) is 3.99. The van der Waals surface area contributed by atoms with E-state index in [1.807, 2.05) is 44.2 Å². The van der Waals surface area contributed by atoms with E-state index in [9.17, 15) is 19.2 Å². The maximum atomic E-state index is 13.1. The fourth-order valence-corrected chi connectivity index (χ4v) is 3.99. The van der Waals surface area contributed by atoms with E-state index in [2.05, 4.69) is 5.32 Å². The molecule has 0 saturated carbocycles. The lowest BCUT2D eigenvalue weighted by atomic mass is 9.99. The van der Waals surface area contributed by atoms with Crippen LogP contribution >= 0.6 is 0 Å². The molecule has 3 amide bonds. The highest BCUT2D eigenvalue weighted by atomic mass is 16.6. The monoisotopic (exact) mass is 464 g/mol. The molecule has 2 atom stereocenters. The van der Waals surface area contributed by atoms with Crippen LogP contribution in [0.4, 0.5) is 0 Å². The van der Waals surface area contributed by atoms with Crippen LogP contribution in [0.5, 0.6) is 0 Å². The molecular formula is C27H32N2O5. The second-order valence-electron chi connectivity index (χ2n) is 9.90. The van der Waals surface area contributed by atoms with Gasteiger partial charge in [-0.15, -0.1) is 0 Å². The average molecular weight is 465 g/mol. The lowest BCUT2D eigenvalue weighted by molar-refractivity contribution is -0.160. The molecule has 7 nitrogen and oxygen atoms in total. The number of carbonyl (C=O) groups is 4. The second-order valence-corrected chi connectivity index (χ2v) is 9.90. The molecule has 0 aromatic heterocycles. The van der Waals surface area contributed by atoms with Crippen molar-refractivity contribution < 1.29 is 23.9 Å². The minimum absolute atomic E-state index is 0.133. The lowest BCUT2D eigenvalue weighted by Crippen LogP contribution is -2.50. The van der Waals surface area contributed by atoms with Crippen LogP contribution in [0.15, 0.2) is 54.6 Å². The highest BCUT2D eigenvalue weighted by molar-refractivity contribution is 6.21. The summed E-state index contributed by atoms with van der Waals surface area (Å²) in [6.45, 7) is 8.94. The highest BCUT2D eigenvalue weighted by Crippen LogP contribution is 2.27. The SMILES string of the molecule is CC(C)C(NC(=O)C[C@H](Cc1ccccc1)N1C(=O)c2ccccc2C1=O)C(=O)OC(C)(C)C. The third kappa shape index (κ3) is 5.90. The van der Waals surface area contributed by atoms with E-state index < -0.39 is 41.4 Å². The number of hydrogen-bond donors (Lipinski definition) is 1. The van der Waals surface area contributed by atoms with Gasteiger partial charge in [0, 0.05) is 6.42 Å². The van der Waals surface area contributed by atoms with Gasteiger partial charge in [-0.1, -0.05) is 56.3 Å². The van der Waals surface area contributed by atoms with Crippen molar-refractivity contribution in [1.29, 1.82) is 0 Å². The summed E-state index contributed by atoms with van der Waals surface area (Å²) in [5.41, 5.74) is 0.870. The van der Waals surface area contributed by atoms with Crippen molar-refractivity contribution in [3.8, 4) is 0 Å². The molecule has 0 fully saturated rings. The van der Waals surface area contributed by atoms with Crippen LogP contribution in [0.3, 0.4) is 0 Å². The van der Waals surface area contributed by atoms with Crippen LogP contribution in [0.1, 0.15) is 67.3 Å². The molecule has 1 aliphatic heterocycles. The van der Waals surface area contributed by atoms with Gasteiger partial charge in [0.15, 0.2) is 0 Å². The standard InChI is InChI=1S/C27H32N2O5/c1-17(2)23(26(33)34-27(3,4)5)28-22(30)16-19(15-18-11-7-6-8-12-18)29-24(31)20-13-9-10-14-21(20)25(29)32/h6-14,17,19,23H,15-16H2,1-5H3,(H,28,30)/t19-,23?/m0/s1. The molecule has 0 saturated heterocycles. The Kier molecular flexibility index (Phi) is 7.54. The molecule has 0 aliphatic carbocycles. The van der Waals surface area contributed by atoms with E-state index in [1.165, 1.54) is 4.90 Å². The summed E-state index contributed by atoms with van der Waals surface area (Å²) >= 11 is 0. The number of nitrogens with zero attached hydrogens (tertiary/aromatic N) is 1. The average Bonchev–Trinajstić information content (AvgIpc) is 3.01. The Labute approximate surface area is 200 Å². The summed E-state index contributed by atoms with van der Waals surface area (Å²) in [6, 6.07) is 14.5. The molecule has 1 heterocycles. The summed E-state index contributed by atoms with van der Waals surface area (Å²) in [4.78, 5) is 53.2. The number of amides is 3. The van der Waals surface area contributed by atoms with Gasteiger partial charge >= 0.3 is 5.97 Å². The van der Waals surface area contributed by atoms with Crippen LogP contribution in [-0.2, 0) is 20.7 Å². The summed E-state index contributed by atoms with van der Waals surface area (Å²) in [5.74, 6) is -1.98. The Bertz CT molecular complexity index is 1040. The number of benzene rings is 2. The van der Waals surface area contributed by atoms with Crippen LogP contribution in [0, 0.1) is 5.92 Å². The van der Waals surface area contributed by atoms with Crippen LogP contribution in [0.2, 0.25) is 0 Å². The number of fused-ring (bicyclic) bond motifs is 1. The zero-order valence-corrected chi connectivity index (χ0v) is 20.3. The Balaban J connectivity index is 1.83. The first kappa shape index (κ1) is 25.1. The Morgan fingerprint density at radius 1 is 0.912 bits per heavy atom. The Morgan fingerprint density at radius 3 is 1.94 bits per heavy atom. The predicted molar refractivity (Wildman–Crippen MR) is 128 cm³/mol. The molecule has 0 radical (unpaired) electrons. The minimum Gasteiger partial charge on any atom is -0.458 e. The summed E-state index contributed by atoms with van der Waals surface area (Å²) in [7, 11) is 0. The van der Waals surface area contributed by atoms with Gasteiger partial charge in [0.1, 0.15) is 11.6 Å². The normalized spacial score (nSPS) is 15.2. The minimum atomic E-state index is -0.841. The van der Waals surface area contributed by atoms with Crippen LogP contribution in [0.25, 0.3) is 0 Å². The van der Waals surface area contributed by atoms with E-state index in [0.717, 1.165) is 5.56 Å². The lowest BCUT2D eigenvalue weighted by Gasteiger charge is -2.29. The molecule has 34 heavy (non-hydrogen) atoms. The van der Waals surface area contributed by atoms with Gasteiger partial charge in [0.25, 0.3) is 11.8 Å². The number of nitrogens with one attached hydrogen (secondary N) is 1. The van der Waals surface area contributed by atoms with Crippen molar-refractivity contribution in [3.63, 3.8) is 0 Å². The molecule has 2 aromatic rings. The van der Waals surface area contributed by atoms with Gasteiger partial charge < -0.3 is 10.1 Å². The van der Waals surface area contributed by atoms with Crippen LogP contribution < -0.4 is 5.32 Å². The van der Waals surface area contributed by atoms with E-state index >= 15 is 0 Å². The van der Waals surface area contributed by atoms with Crippen molar-refractivity contribution >= 4 is 23.7 Å². The molecular weight excluding hydrogens is 432 g/mol. The third-order valence-corrected chi connectivity index (χ3v) is 5.57. The third-order valence-electron chi connectivity index (χ3n) is 5.57. The molecule has 3 rings (SSSR count). The fraction of sp³-hybridized carbons (Fsp3) is 0.407. The molecule has 1 aliphatic rings. The van der Waals surface area contributed by atoms with E-state index in [4.69, 9.17) is 4.74 Å². The van der Waals surface area contributed by atoms with E-state index in [1.54, 1.807) is 45.0 Å². The summed E-state index contributed by atoms with van der Waals surface area (Å²) < 4.78 is 5.47. The number of carbonyl (C=O) groups excluding carboxylic acids is 4. The highest BCUT2D eigenvalue weighted by Gasteiger charge is 2.41. The van der Waals surface area contributed by atoms with Crippen molar-refractivity contribution in [3.05, 3.63) is 71.3 Å². The van der Waals surface area contributed by atoms with Crippen molar-refractivity contribution in [2.75, 3.05) is 0 Å². The molecule has 2 aromatic carbocycles. The number of ether oxygens (including phenoxy) is 1. The molecule has 1 unspecified atom stereocenters. The van der Waals surface area contributed by atoms with E-state index in [-0.39, 0.29) is 12.3 Å². The molecule has 180 valence electrons. The zero-order chi connectivity index (χ0) is 25.0. The van der Waals surface area contributed by atoms with Gasteiger partial charge in [0.2, 0.25) is 5.91 Å². The smallest absolute Gasteiger partial charge is 0.329 e. The number of esters is 1. The Hall–Kier alpha value is -3.48. The first-order valence-corrected chi connectivity index (χ1v) is 11.5. The number of hydrogen-bond acceptors (Lipinski definition) is 5. The van der Waals surface area contributed by atoms with Gasteiger partial charge in [-0.05, 0) is 50.8 Å². The number of imide groups is 1. The molecule has 7 heteroatoms. The van der Waals surface area contributed by atoms with Crippen molar-refractivity contribution in [2.45, 2.75) is 65.1 Å². The van der Waals surface area contributed by atoms with Crippen LogP contribution in [-0.4, -0.2) is 46.3 Å². The topological polar surface area (TPSA) is 92.8 Å². The first-order valence-electron chi connectivity index (χ1n) is 11.5. The largest absolute Gasteiger partial charge is 0.458 e. The Morgan fingerprint density at radius 2 is 1.44 bits per heavy atom. The quantitative estimate of drug-likeness (QED) is 0.474. The zero-order valence-electron chi connectivity index (χ0n) is 20.3. The van der Waals surface area contributed by atoms with Crippen molar-refractivity contribution in [1.82, 2.24) is 10.2 Å². The predicted octanol–water partition coefficient (Wildman–Crippen LogP) is 3.77. The number of rotatable bonds is 8. The first-order chi connectivity index (χ1) is 16.0. The van der Waals surface area contributed by atoms with Crippen molar-refractivity contribution in [2.24, 2.45) is 5.92 Å².